The zero-order chi connectivity index (χ0) is 15.2. The average Bonchev–Trinajstić information content (AvgIpc) is 2.47. The Labute approximate surface area is 126 Å². The molecule has 1 atom stereocenters. The van der Waals surface area contributed by atoms with Gasteiger partial charge in [-0.1, -0.05) is 54.1 Å². The molecule has 3 heteroatoms. The molecule has 2 aromatic rings. The van der Waals surface area contributed by atoms with E-state index in [1.54, 1.807) is 0 Å². The fraction of sp³-hybridized carbons (Fsp3) is 0.278. The Bertz CT molecular complexity index is 608. The molecule has 0 bridgehead atoms. The van der Waals surface area contributed by atoms with Gasteiger partial charge in [-0.25, -0.2) is 0 Å². The van der Waals surface area contributed by atoms with Gasteiger partial charge in [-0.2, -0.15) is 0 Å². The maximum absolute atomic E-state index is 11.9. The number of aryl methyl sites for hydroxylation is 2. The third-order valence-corrected chi connectivity index (χ3v) is 3.45. The third-order valence-electron chi connectivity index (χ3n) is 3.45. The second kappa shape index (κ2) is 7.04. The number of carbonyl (C=O) groups excluding carboxylic acids is 1. The predicted octanol–water partition coefficient (Wildman–Crippen LogP) is 3.16. The van der Waals surface area contributed by atoms with E-state index >= 15 is 0 Å². The van der Waals surface area contributed by atoms with Crippen LogP contribution in [0.15, 0.2) is 48.5 Å². The van der Waals surface area contributed by atoms with Crippen molar-refractivity contribution in [2.75, 3.05) is 13.7 Å². The van der Waals surface area contributed by atoms with Gasteiger partial charge in [-0.3, -0.25) is 4.79 Å². The summed E-state index contributed by atoms with van der Waals surface area (Å²) in [6, 6.07) is 16.1. The summed E-state index contributed by atoms with van der Waals surface area (Å²) in [5.41, 5.74) is 4.55. The molecular formula is C18H21NO2. The highest BCUT2D eigenvalue weighted by Crippen LogP contribution is 2.25. The molecule has 0 aromatic heterocycles. The lowest BCUT2D eigenvalue weighted by molar-refractivity contribution is -0.125. The molecule has 0 aliphatic carbocycles. The van der Waals surface area contributed by atoms with E-state index < -0.39 is 0 Å². The number of nitrogens with one attached hydrogen (secondary N) is 1. The number of amides is 1. The topological polar surface area (TPSA) is 38.3 Å². The minimum atomic E-state index is -0.158. The van der Waals surface area contributed by atoms with Crippen molar-refractivity contribution in [3.8, 4) is 0 Å². The highest BCUT2D eigenvalue weighted by atomic mass is 16.5. The van der Waals surface area contributed by atoms with Crippen molar-refractivity contribution in [2.45, 2.75) is 19.9 Å². The largest absolute Gasteiger partial charge is 0.375 e. The quantitative estimate of drug-likeness (QED) is 0.915. The molecule has 110 valence electrons. The fourth-order valence-electron chi connectivity index (χ4n) is 2.47. The molecule has 0 saturated carbocycles. The minimum Gasteiger partial charge on any atom is -0.375 e. The smallest absolute Gasteiger partial charge is 0.246 e. The summed E-state index contributed by atoms with van der Waals surface area (Å²) in [6.07, 6.45) is 0. The van der Waals surface area contributed by atoms with Crippen LogP contribution >= 0.6 is 0 Å². The molecule has 0 saturated heterocycles. The van der Waals surface area contributed by atoms with E-state index in [0.717, 1.165) is 11.1 Å². The van der Waals surface area contributed by atoms with Crippen molar-refractivity contribution in [3.05, 3.63) is 70.8 Å². The van der Waals surface area contributed by atoms with Gasteiger partial charge >= 0.3 is 0 Å². The third kappa shape index (κ3) is 3.92. The van der Waals surface area contributed by atoms with Gasteiger partial charge in [-0.05, 0) is 30.5 Å². The first-order valence-corrected chi connectivity index (χ1v) is 7.02. The summed E-state index contributed by atoms with van der Waals surface area (Å²) >= 11 is 0. The molecule has 3 nitrogen and oxygen atoms in total. The number of ether oxygens (including phenoxy) is 1. The molecule has 2 aromatic carbocycles. The van der Waals surface area contributed by atoms with Gasteiger partial charge in [0.25, 0.3) is 0 Å². The number of benzene rings is 2. The standard InChI is InChI=1S/C18H21NO2/c1-13-9-10-16(14(2)11-13)18(19-17(20)12-21-3)15-7-5-4-6-8-15/h4-11,18H,12H2,1-3H3,(H,19,20)/t18-/m0/s1. The summed E-state index contributed by atoms with van der Waals surface area (Å²) in [7, 11) is 1.52. The van der Waals surface area contributed by atoms with Crippen molar-refractivity contribution < 1.29 is 9.53 Å². The second-order valence-electron chi connectivity index (χ2n) is 5.20. The van der Waals surface area contributed by atoms with Crippen molar-refractivity contribution in [1.29, 1.82) is 0 Å². The van der Waals surface area contributed by atoms with Crippen LogP contribution < -0.4 is 5.32 Å². The monoisotopic (exact) mass is 283 g/mol. The zero-order valence-corrected chi connectivity index (χ0v) is 12.7. The summed E-state index contributed by atoms with van der Waals surface area (Å²) in [5, 5.41) is 3.05. The van der Waals surface area contributed by atoms with E-state index in [0.29, 0.717) is 0 Å². The van der Waals surface area contributed by atoms with Gasteiger partial charge in [0.15, 0.2) is 0 Å². The van der Waals surface area contributed by atoms with Crippen LogP contribution in [0.3, 0.4) is 0 Å². The molecule has 2 rings (SSSR count). The van der Waals surface area contributed by atoms with Crippen LogP contribution in [-0.2, 0) is 9.53 Å². The molecule has 0 radical (unpaired) electrons. The maximum Gasteiger partial charge on any atom is 0.246 e. The van der Waals surface area contributed by atoms with Gasteiger partial charge in [0.05, 0.1) is 6.04 Å². The molecule has 0 unspecified atom stereocenters. The SMILES string of the molecule is COCC(=O)N[C@@H](c1ccccc1)c1ccc(C)cc1C. The van der Waals surface area contributed by atoms with Gasteiger partial charge in [0, 0.05) is 7.11 Å². The van der Waals surface area contributed by atoms with E-state index in [1.807, 2.05) is 30.3 Å². The Morgan fingerprint density at radius 2 is 1.86 bits per heavy atom. The number of rotatable bonds is 5. The van der Waals surface area contributed by atoms with Crippen LogP contribution in [0.1, 0.15) is 28.3 Å². The lowest BCUT2D eigenvalue weighted by Crippen LogP contribution is -2.32. The minimum absolute atomic E-state index is 0.0637. The number of methoxy groups -OCH3 is 1. The maximum atomic E-state index is 11.9. The Hall–Kier alpha value is -2.13. The van der Waals surface area contributed by atoms with E-state index in [-0.39, 0.29) is 18.6 Å². The van der Waals surface area contributed by atoms with Crippen molar-refractivity contribution in [1.82, 2.24) is 5.32 Å². The molecular weight excluding hydrogens is 262 g/mol. The molecule has 0 aliphatic heterocycles. The van der Waals surface area contributed by atoms with Crippen molar-refractivity contribution in [3.63, 3.8) is 0 Å². The van der Waals surface area contributed by atoms with Crippen LogP contribution in [0.5, 0.6) is 0 Å². The first-order valence-electron chi connectivity index (χ1n) is 7.02. The van der Waals surface area contributed by atoms with Gasteiger partial charge < -0.3 is 10.1 Å². The normalized spacial score (nSPS) is 12.0. The van der Waals surface area contributed by atoms with E-state index in [1.165, 1.54) is 18.2 Å². The van der Waals surface area contributed by atoms with Crippen LogP contribution in [0.2, 0.25) is 0 Å². The number of hydrogen-bond donors (Lipinski definition) is 1. The van der Waals surface area contributed by atoms with E-state index in [4.69, 9.17) is 4.74 Å². The summed E-state index contributed by atoms with van der Waals surface area (Å²) < 4.78 is 4.91. The van der Waals surface area contributed by atoms with Crippen LogP contribution in [-0.4, -0.2) is 19.6 Å². The Morgan fingerprint density at radius 1 is 1.14 bits per heavy atom. The van der Waals surface area contributed by atoms with Gasteiger partial charge in [0.2, 0.25) is 5.91 Å². The average molecular weight is 283 g/mol. The first-order chi connectivity index (χ1) is 10.1. The van der Waals surface area contributed by atoms with Crippen molar-refractivity contribution >= 4 is 5.91 Å². The van der Waals surface area contributed by atoms with Crippen LogP contribution in [0.25, 0.3) is 0 Å². The zero-order valence-electron chi connectivity index (χ0n) is 12.7. The molecule has 0 spiro atoms. The Balaban J connectivity index is 2.38. The molecule has 21 heavy (non-hydrogen) atoms. The van der Waals surface area contributed by atoms with E-state index in [9.17, 15) is 4.79 Å². The summed E-state index contributed by atoms with van der Waals surface area (Å²) in [4.78, 5) is 11.9. The lowest BCUT2D eigenvalue weighted by Gasteiger charge is -2.22. The van der Waals surface area contributed by atoms with Crippen molar-refractivity contribution in [2.24, 2.45) is 0 Å². The summed E-state index contributed by atoms with van der Waals surface area (Å²) in [6.45, 7) is 4.20. The number of carbonyl (C=O) groups is 1. The number of hydrogen-bond acceptors (Lipinski definition) is 2. The van der Waals surface area contributed by atoms with Crippen LogP contribution in [0.4, 0.5) is 0 Å². The highest BCUT2D eigenvalue weighted by molar-refractivity contribution is 5.78. The van der Waals surface area contributed by atoms with Gasteiger partial charge in [-0.15, -0.1) is 0 Å². The van der Waals surface area contributed by atoms with Crippen LogP contribution in [0, 0.1) is 13.8 Å². The Morgan fingerprint density at radius 3 is 2.48 bits per heavy atom. The molecule has 0 aliphatic rings. The first kappa shape index (κ1) is 15.3. The lowest BCUT2D eigenvalue weighted by atomic mass is 9.94. The highest BCUT2D eigenvalue weighted by Gasteiger charge is 2.18. The van der Waals surface area contributed by atoms with Gasteiger partial charge in [0.1, 0.15) is 6.61 Å². The molecule has 0 heterocycles. The fourth-order valence-corrected chi connectivity index (χ4v) is 2.47. The summed E-state index contributed by atoms with van der Waals surface area (Å²) in [5.74, 6) is -0.119. The second-order valence-corrected chi connectivity index (χ2v) is 5.20. The molecule has 1 amide bonds. The molecule has 1 N–H and O–H groups in total. The Kier molecular flexibility index (Phi) is 5.12. The van der Waals surface area contributed by atoms with E-state index in [2.05, 4.69) is 37.4 Å². The molecule has 0 fully saturated rings. The predicted molar refractivity (Wildman–Crippen MR) is 84.2 cm³/mol.